The Kier molecular flexibility index (Phi) is 6.80. The lowest BCUT2D eigenvalue weighted by Gasteiger charge is -2.38. The van der Waals surface area contributed by atoms with Crippen LogP contribution in [0, 0.1) is 5.41 Å². The summed E-state index contributed by atoms with van der Waals surface area (Å²) in [7, 11) is 0. The topological polar surface area (TPSA) is 52.6 Å². The molecule has 0 spiro atoms. The van der Waals surface area contributed by atoms with Crippen molar-refractivity contribution in [2.75, 3.05) is 26.2 Å². The Morgan fingerprint density at radius 3 is 2.47 bits per heavy atom. The standard InChI is InChI=1S/C15H30N2O2/c1-4-7-15(8-9-16-12-15)14(19)17(10-11-18)13(5-2)6-3/h13,16,18H,4-12H2,1-3H3. The van der Waals surface area contributed by atoms with Crippen LogP contribution in [0.5, 0.6) is 0 Å². The zero-order valence-corrected chi connectivity index (χ0v) is 12.7. The first-order chi connectivity index (χ1) is 9.15. The van der Waals surface area contributed by atoms with Crippen LogP contribution < -0.4 is 5.32 Å². The van der Waals surface area contributed by atoms with Crippen LogP contribution in [0.15, 0.2) is 0 Å². The second-order valence-corrected chi connectivity index (χ2v) is 5.65. The smallest absolute Gasteiger partial charge is 0.230 e. The number of hydrogen-bond donors (Lipinski definition) is 2. The van der Waals surface area contributed by atoms with E-state index in [1.807, 2.05) is 4.90 Å². The van der Waals surface area contributed by atoms with Crippen LogP contribution in [0.4, 0.5) is 0 Å². The van der Waals surface area contributed by atoms with Gasteiger partial charge in [0.1, 0.15) is 0 Å². The van der Waals surface area contributed by atoms with Gasteiger partial charge in [0.25, 0.3) is 0 Å². The molecule has 0 radical (unpaired) electrons. The predicted molar refractivity (Wildman–Crippen MR) is 78.0 cm³/mol. The normalized spacial score (nSPS) is 23.0. The first kappa shape index (κ1) is 16.4. The first-order valence-corrected chi connectivity index (χ1v) is 7.77. The van der Waals surface area contributed by atoms with Gasteiger partial charge in [-0.3, -0.25) is 4.79 Å². The molecule has 4 heteroatoms. The van der Waals surface area contributed by atoms with E-state index in [0.717, 1.165) is 45.2 Å². The van der Waals surface area contributed by atoms with Gasteiger partial charge in [0.05, 0.1) is 12.0 Å². The third-order valence-electron chi connectivity index (χ3n) is 4.41. The fourth-order valence-electron chi connectivity index (χ4n) is 3.32. The molecule has 1 amide bonds. The summed E-state index contributed by atoms with van der Waals surface area (Å²) in [5.41, 5.74) is -0.230. The third kappa shape index (κ3) is 3.69. The molecule has 1 saturated heterocycles. The van der Waals surface area contributed by atoms with E-state index >= 15 is 0 Å². The van der Waals surface area contributed by atoms with E-state index in [1.165, 1.54) is 0 Å². The fourth-order valence-corrected chi connectivity index (χ4v) is 3.32. The number of rotatable bonds is 8. The average molecular weight is 270 g/mol. The maximum atomic E-state index is 13.0. The number of hydrogen-bond acceptors (Lipinski definition) is 3. The van der Waals surface area contributed by atoms with Crippen molar-refractivity contribution >= 4 is 5.91 Å². The zero-order chi connectivity index (χ0) is 14.3. The zero-order valence-electron chi connectivity index (χ0n) is 12.7. The lowest BCUT2D eigenvalue weighted by molar-refractivity contribution is -0.145. The molecule has 0 aromatic heterocycles. The molecule has 0 aliphatic carbocycles. The van der Waals surface area contributed by atoms with Crippen molar-refractivity contribution in [3.05, 3.63) is 0 Å². The van der Waals surface area contributed by atoms with Crippen LogP contribution in [0.2, 0.25) is 0 Å². The highest BCUT2D eigenvalue weighted by atomic mass is 16.3. The molecule has 2 N–H and O–H groups in total. The largest absolute Gasteiger partial charge is 0.395 e. The van der Waals surface area contributed by atoms with E-state index in [0.29, 0.717) is 6.54 Å². The van der Waals surface area contributed by atoms with Crippen molar-refractivity contribution < 1.29 is 9.90 Å². The minimum atomic E-state index is -0.230. The molecule has 1 atom stereocenters. The van der Waals surface area contributed by atoms with E-state index in [1.54, 1.807) is 0 Å². The van der Waals surface area contributed by atoms with Crippen LogP contribution in [-0.4, -0.2) is 48.2 Å². The molecule has 1 unspecified atom stereocenters. The van der Waals surface area contributed by atoms with E-state index in [4.69, 9.17) is 0 Å². The number of aliphatic hydroxyl groups is 1. The molecular formula is C15H30N2O2. The molecule has 19 heavy (non-hydrogen) atoms. The summed E-state index contributed by atoms with van der Waals surface area (Å²) in [4.78, 5) is 14.9. The van der Waals surface area contributed by atoms with Gasteiger partial charge in [-0.05, 0) is 32.2 Å². The first-order valence-electron chi connectivity index (χ1n) is 7.77. The highest BCUT2D eigenvalue weighted by Crippen LogP contribution is 2.34. The molecule has 1 aliphatic heterocycles. The molecule has 1 heterocycles. The Labute approximate surface area is 117 Å². The number of aliphatic hydroxyl groups excluding tert-OH is 1. The van der Waals surface area contributed by atoms with Crippen LogP contribution in [0.1, 0.15) is 52.9 Å². The molecule has 0 saturated carbocycles. The van der Waals surface area contributed by atoms with Crippen molar-refractivity contribution in [2.24, 2.45) is 5.41 Å². The highest BCUT2D eigenvalue weighted by Gasteiger charge is 2.43. The highest BCUT2D eigenvalue weighted by molar-refractivity contribution is 5.83. The van der Waals surface area contributed by atoms with Gasteiger partial charge in [0.15, 0.2) is 0 Å². The summed E-state index contributed by atoms with van der Waals surface area (Å²) in [6.45, 7) is 8.62. The second-order valence-electron chi connectivity index (χ2n) is 5.65. The molecule has 0 aromatic rings. The Morgan fingerprint density at radius 1 is 1.37 bits per heavy atom. The van der Waals surface area contributed by atoms with Crippen LogP contribution >= 0.6 is 0 Å². The third-order valence-corrected chi connectivity index (χ3v) is 4.41. The van der Waals surface area contributed by atoms with Gasteiger partial charge in [-0.1, -0.05) is 27.2 Å². The summed E-state index contributed by atoms with van der Waals surface area (Å²) in [6, 6.07) is 0.258. The molecule has 1 rings (SSSR count). The Bertz CT molecular complexity index is 271. The Hall–Kier alpha value is -0.610. The molecule has 1 aliphatic rings. The van der Waals surface area contributed by atoms with Gasteiger partial charge in [0.2, 0.25) is 5.91 Å². The molecule has 1 fully saturated rings. The predicted octanol–water partition coefficient (Wildman–Crippen LogP) is 1.78. The van der Waals surface area contributed by atoms with Gasteiger partial charge in [0, 0.05) is 19.1 Å². The van der Waals surface area contributed by atoms with E-state index in [-0.39, 0.29) is 24.0 Å². The van der Waals surface area contributed by atoms with Crippen molar-refractivity contribution in [1.29, 1.82) is 0 Å². The van der Waals surface area contributed by atoms with Gasteiger partial charge in [-0.2, -0.15) is 0 Å². The van der Waals surface area contributed by atoms with E-state index in [9.17, 15) is 9.90 Å². The van der Waals surface area contributed by atoms with Crippen molar-refractivity contribution in [3.8, 4) is 0 Å². The Morgan fingerprint density at radius 2 is 2.05 bits per heavy atom. The number of amides is 1. The summed E-state index contributed by atoms with van der Waals surface area (Å²) < 4.78 is 0. The quantitative estimate of drug-likeness (QED) is 0.707. The number of carbonyl (C=O) groups is 1. The minimum Gasteiger partial charge on any atom is -0.395 e. The molecule has 4 nitrogen and oxygen atoms in total. The monoisotopic (exact) mass is 270 g/mol. The van der Waals surface area contributed by atoms with Gasteiger partial charge in [-0.25, -0.2) is 0 Å². The SMILES string of the molecule is CCCC1(C(=O)N(CCO)C(CC)CC)CCNC1. The van der Waals surface area contributed by atoms with Crippen molar-refractivity contribution in [2.45, 2.75) is 58.9 Å². The molecular weight excluding hydrogens is 240 g/mol. The van der Waals surface area contributed by atoms with E-state index in [2.05, 4.69) is 26.1 Å². The number of nitrogens with one attached hydrogen (secondary N) is 1. The lowest BCUT2D eigenvalue weighted by Crippen LogP contribution is -2.50. The maximum Gasteiger partial charge on any atom is 0.230 e. The fraction of sp³-hybridized carbons (Fsp3) is 0.933. The van der Waals surface area contributed by atoms with E-state index < -0.39 is 0 Å². The average Bonchev–Trinajstić information content (AvgIpc) is 2.88. The number of nitrogens with zero attached hydrogens (tertiary/aromatic N) is 1. The second kappa shape index (κ2) is 7.85. The number of carbonyl (C=O) groups excluding carboxylic acids is 1. The molecule has 112 valence electrons. The molecule has 0 bridgehead atoms. The summed E-state index contributed by atoms with van der Waals surface area (Å²) in [5, 5.41) is 12.6. The van der Waals surface area contributed by atoms with Crippen molar-refractivity contribution in [3.63, 3.8) is 0 Å². The minimum absolute atomic E-state index is 0.0534. The lowest BCUT2D eigenvalue weighted by atomic mass is 9.80. The Balaban J connectivity index is 2.89. The summed E-state index contributed by atoms with van der Waals surface area (Å²) in [5.74, 6) is 0.252. The van der Waals surface area contributed by atoms with Crippen LogP contribution in [-0.2, 0) is 4.79 Å². The van der Waals surface area contributed by atoms with Gasteiger partial charge in [-0.15, -0.1) is 0 Å². The summed E-state index contributed by atoms with van der Waals surface area (Å²) >= 11 is 0. The molecule has 0 aromatic carbocycles. The van der Waals surface area contributed by atoms with Gasteiger partial charge >= 0.3 is 0 Å². The van der Waals surface area contributed by atoms with Crippen LogP contribution in [0.25, 0.3) is 0 Å². The van der Waals surface area contributed by atoms with Gasteiger partial charge < -0.3 is 15.3 Å². The maximum absolute atomic E-state index is 13.0. The summed E-state index contributed by atoms with van der Waals surface area (Å²) in [6.07, 6.45) is 4.82. The van der Waals surface area contributed by atoms with Crippen molar-refractivity contribution in [1.82, 2.24) is 10.2 Å². The van der Waals surface area contributed by atoms with Crippen LogP contribution in [0.3, 0.4) is 0 Å².